The minimum absolute atomic E-state index is 0.0170. The molecule has 3 heterocycles. The molecule has 2 fully saturated rings. The normalized spacial score (nSPS) is 22.7. The standard InChI is InChI=1S/C18H18N6O/c19-9-15-18(22-7-6-21-15)23-11-13-8-16(25)24(14-3-4-14)17(13)12-2-1-5-20-10-12/h1-2,5-7,10,13-14,17H,3-4,8,11H2,(H,22,23)/t13-,17-/m0/s1. The second-order valence-electron chi connectivity index (χ2n) is 6.47. The molecule has 1 aliphatic heterocycles. The zero-order chi connectivity index (χ0) is 17.2. The van der Waals surface area contributed by atoms with Gasteiger partial charge in [-0.3, -0.25) is 9.78 Å². The quantitative estimate of drug-likeness (QED) is 0.897. The highest BCUT2D eigenvalue weighted by molar-refractivity contribution is 5.80. The molecule has 25 heavy (non-hydrogen) atoms. The minimum atomic E-state index is 0.0170. The van der Waals surface area contributed by atoms with Crippen molar-refractivity contribution in [2.24, 2.45) is 5.92 Å². The first kappa shape index (κ1) is 15.5. The molecule has 0 radical (unpaired) electrons. The Morgan fingerprint density at radius 1 is 1.28 bits per heavy atom. The fourth-order valence-corrected chi connectivity index (χ4v) is 3.55. The number of nitriles is 1. The van der Waals surface area contributed by atoms with Crippen LogP contribution < -0.4 is 5.32 Å². The number of nitrogens with zero attached hydrogens (tertiary/aromatic N) is 5. The lowest BCUT2D eigenvalue weighted by atomic mass is 9.94. The van der Waals surface area contributed by atoms with Gasteiger partial charge in [-0.2, -0.15) is 5.26 Å². The largest absolute Gasteiger partial charge is 0.367 e. The van der Waals surface area contributed by atoms with Crippen LogP contribution in [0.5, 0.6) is 0 Å². The molecule has 2 aromatic rings. The predicted octanol–water partition coefficient (Wildman–Crippen LogP) is 1.91. The van der Waals surface area contributed by atoms with Gasteiger partial charge in [0.25, 0.3) is 0 Å². The van der Waals surface area contributed by atoms with Gasteiger partial charge in [-0.25, -0.2) is 9.97 Å². The molecule has 0 bridgehead atoms. The Morgan fingerprint density at radius 2 is 2.12 bits per heavy atom. The summed E-state index contributed by atoms with van der Waals surface area (Å²) < 4.78 is 0. The summed E-state index contributed by atoms with van der Waals surface area (Å²) in [6.45, 7) is 0.557. The average Bonchev–Trinajstić information content (AvgIpc) is 3.44. The van der Waals surface area contributed by atoms with Gasteiger partial charge >= 0.3 is 0 Å². The van der Waals surface area contributed by atoms with Gasteiger partial charge in [0.05, 0.1) is 6.04 Å². The van der Waals surface area contributed by atoms with Gasteiger partial charge < -0.3 is 10.2 Å². The third kappa shape index (κ3) is 3.03. The van der Waals surface area contributed by atoms with Crippen molar-refractivity contribution in [3.8, 4) is 6.07 Å². The van der Waals surface area contributed by atoms with Crippen LogP contribution in [0.3, 0.4) is 0 Å². The summed E-state index contributed by atoms with van der Waals surface area (Å²) in [4.78, 5) is 27.0. The molecule has 1 aliphatic carbocycles. The van der Waals surface area contributed by atoms with Crippen LogP contribution >= 0.6 is 0 Å². The number of rotatable bonds is 5. The van der Waals surface area contributed by atoms with Crippen LogP contribution in [0.15, 0.2) is 36.9 Å². The molecule has 1 saturated heterocycles. The number of nitrogens with one attached hydrogen (secondary N) is 1. The summed E-state index contributed by atoms with van der Waals surface area (Å²) in [5, 5.41) is 12.4. The number of carbonyl (C=O) groups is 1. The number of carbonyl (C=O) groups excluding carboxylic acids is 1. The number of amides is 1. The molecular weight excluding hydrogens is 316 g/mol. The Balaban J connectivity index is 1.57. The number of hydrogen-bond acceptors (Lipinski definition) is 6. The highest BCUT2D eigenvalue weighted by atomic mass is 16.2. The zero-order valence-corrected chi connectivity index (χ0v) is 13.7. The number of hydrogen-bond donors (Lipinski definition) is 1. The Labute approximate surface area is 145 Å². The molecule has 7 nitrogen and oxygen atoms in total. The van der Waals surface area contributed by atoms with Crippen molar-refractivity contribution >= 4 is 11.7 Å². The second kappa shape index (κ2) is 6.48. The molecule has 126 valence electrons. The van der Waals surface area contributed by atoms with E-state index in [2.05, 4.69) is 20.3 Å². The Morgan fingerprint density at radius 3 is 2.84 bits per heavy atom. The van der Waals surface area contributed by atoms with E-state index in [1.807, 2.05) is 29.3 Å². The van der Waals surface area contributed by atoms with Crippen LogP contribution in [-0.2, 0) is 4.79 Å². The van der Waals surface area contributed by atoms with E-state index in [1.165, 1.54) is 6.20 Å². The Hall–Kier alpha value is -3.01. The maximum atomic E-state index is 12.6. The predicted molar refractivity (Wildman–Crippen MR) is 90.2 cm³/mol. The lowest BCUT2D eigenvalue weighted by Gasteiger charge is -2.28. The van der Waals surface area contributed by atoms with Crippen LogP contribution in [-0.4, -0.2) is 38.3 Å². The topological polar surface area (TPSA) is 94.8 Å². The molecule has 1 N–H and O–H groups in total. The highest BCUT2D eigenvalue weighted by Gasteiger charge is 2.47. The Kier molecular flexibility index (Phi) is 4.02. The van der Waals surface area contributed by atoms with E-state index in [0.29, 0.717) is 24.8 Å². The van der Waals surface area contributed by atoms with E-state index in [4.69, 9.17) is 5.26 Å². The SMILES string of the molecule is N#Cc1nccnc1NC[C@@H]1CC(=O)N(C2CC2)[C@H]1c1cccnc1. The van der Waals surface area contributed by atoms with Crippen LogP contribution in [0.2, 0.25) is 0 Å². The van der Waals surface area contributed by atoms with Gasteiger partial charge in [0.2, 0.25) is 5.91 Å². The molecule has 7 heteroatoms. The first-order valence-electron chi connectivity index (χ1n) is 8.44. The van der Waals surface area contributed by atoms with Crippen LogP contribution in [0.25, 0.3) is 0 Å². The molecule has 2 aromatic heterocycles. The maximum Gasteiger partial charge on any atom is 0.223 e. The van der Waals surface area contributed by atoms with Crippen molar-refractivity contribution in [3.05, 3.63) is 48.2 Å². The molecule has 4 rings (SSSR count). The zero-order valence-electron chi connectivity index (χ0n) is 13.7. The van der Waals surface area contributed by atoms with E-state index in [-0.39, 0.29) is 23.6 Å². The summed E-state index contributed by atoms with van der Waals surface area (Å²) in [6.07, 6.45) is 9.28. The van der Waals surface area contributed by atoms with Gasteiger partial charge in [-0.15, -0.1) is 0 Å². The van der Waals surface area contributed by atoms with E-state index in [9.17, 15) is 4.79 Å². The maximum absolute atomic E-state index is 12.6. The molecule has 2 atom stereocenters. The van der Waals surface area contributed by atoms with Gasteiger partial charge in [0, 0.05) is 49.7 Å². The van der Waals surface area contributed by atoms with Crippen molar-refractivity contribution in [1.29, 1.82) is 5.26 Å². The number of aromatic nitrogens is 3. The fourth-order valence-electron chi connectivity index (χ4n) is 3.55. The molecule has 1 saturated carbocycles. The minimum Gasteiger partial charge on any atom is -0.367 e. The molecule has 2 aliphatic rings. The summed E-state index contributed by atoms with van der Waals surface area (Å²) in [6, 6.07) is 6.35. The van der Waals surface area contributed by atoms with Crippen LogP contribution in [0.4, 0.5) is 5.82 Å². The molecule has 1 amide bonds. The summed E-state index contributed by atoms with van der Waals surface area (Å²) in [5.74, 6) is 0.765. The third-order valence-electron chi connectivity index (χ3n) is 4.77. The fraction of sp³-hybridized carbons (Fsp3) is 0.389. The molecule has 0 aromatic carbocycles. The van der Waals surface area contributed by atoms with Crippen LogP contribution in [0.1, 0.15) is 36.6 Å². The van der Waals surface area contributed by atoms with Crippen molar-refractivity contribution in [2.45, 2.75) is 31.3 Å². The number of pyridine rings is 1. The average molecular weight is 334 g/mol. The summed E-state index contributed by atoms with van der Waals surface area (Å²) in [7, 11) is 0. The van der Waals surface area contributed by atoms with Gasteiger partial charge in [0.15, 0.2) is 11.5 Å². The van der Waals surface area contributed by atoms with E-state index in [0.717, 1.165) is 18.4 Å². The molecule has 0 unspecified atom stereocenters. The Bertz CT molecular complexity index is 814. The monoisotopic (exact) mass is 334 g/mol. The third-order valence-corrected chi connectivity index (χ3v) is 4.77. The van der Waals surface area contributed by atoms with E-state index >= 15 is 0 Å². The van der Waals surface area contributed by atoms with Gasteiger partial charge in [-0.05, 0) is 24.5 Å². The lowest BCUT2D eigenvalue weighted by Crippen LogP contribution is -2.32. The molecular formula is C18H18N6O. The van der Waals surface area contributed by atoms with E-state index in [1.54, 1.807) is 12.4 Å². The van der Waals surface area contributed by atoms with Crippen LogP contribution in [0, 0.1) is 17.2 Å². The number of likely N-dealkylation sites (tertiary alicyclic amines) is 1. The first-order valence-corrected chi connectivity index (χ1v) is 8.44. The second-order valence-corrected chi connectivity index (χ2v) is 6.47. The first-order chi connectivity index (χ1) is 12.3. The summed E-state index contributed by atoms with van der Waals surface area (Å²) in [5.41, 5.74) is 1.33. The number of anilines is 1. The summed E-state index contributed by atoms with van der Waals surface area (Å²) >= 11 is 0. The van der Waals surface area contributed by atoms with Gasteiger partial charge in [-0.1, -0.05) is 6.07 Å². The van der Waals surface area contributed by atoms with Gasteiger partial charge in [0.1, 0.15) is 6.07 Å². The highest BCUT2D eigenvalue weighted by Crippen LogP contribution is 2.44. The molecule has 0 spiro atoms. The van der Waals surface area contributed by atoms with Crippen molar-refractivity contribution in [3.63, 3.8) is 0 Å². The smallest absolute Gasteiger partial charge is 0.223 e. The van der Waals surface area contributed by atoms with Crippen molar-refractivity contribution < 1.29 is 4.79 Å². The lowest BCUT2D eigenvalue weighted by molar-refractivity contribution is -0.129. The van der Waals surface area contributed by atoms with E-state index < -0.39 is 0 Å². The van der Waals surface area contributed by atoms with Crippen molar-refractivity contribution in [1.82, 2.24) is 19.9 Å². The van der Waals surface area contributed by atoms with Crippen molar-refractivity contribution in [2.75, 3.05) is 11.9 Å².